The Bertz CT molecular complexity index is 453. The van der Waals surface area contributed by atoms with Crippen LogP contribution in [0.25, 0.3) is 0 Å². The van der Waals surface area contributed by atoms with Crippen LogP contribution in [-0.4, -0.2) is 19.0 Å². The van der Waals surface area contributed by atoms with Crippen molar-refractivity contribution in [2.24, 2.45) is 5.41 Å². The zero-order chi connectivity index (χ0) is 13.2. The number of halogens is 1. The molecule has 0 spiro atoms. The number of piperidine rings is 1. The summed E-state index contributed by atoms with van der Waals surface area (Å²) in [6.07, 6.45) is 1.85. The number of carbonyl (C=O) groups is 1. The largest absolute Gasteiger partial charge is 0.325 e. The van der Waals surface area contributed by atoms with Gasteiger partial charge in [0.25, 0.3) is 0 Å². The molecule has 98 valence electrons. The van der Waals surface area contributed by atoms with Crippen molar-refractivity contribution in [3.05, 3.63) is 29.6 Å². The van der Waals surface area contributed by atoms with E-state index in [-0.39, 0.29) is 11.7 Å². The number of benzene rings is 1. The second kappa shape index (κ2) is 5.06. The molecule has 0 aromatic heterocycles. The molecule has 3 nitrogen and oxygen atoms in total. The van der Waals surface area contributed by atoms with Crippen LogP contribution < -0.4 is 10.6 Å². The lowest BCUT2D eigenvalue weighted by molar-refractivity contribution is -0.125. The maximum atomic E-state index is 13.4. The number of carbonyl (C=O) groups excluding carboxylic acids is 1. The minimum absolute atomic E-state index is 0.0385. The molecule has 18 heavy (non-hydrogen) atoms. The molecule has 0 bridgehead atoms. The molecule has 1 heterocycles. The number of anilines is 1. The van der Waals surface area contributed by atoms with E-state index in [4.69, 9.17) is 0 Å². The second-order valence-electron chi connectivity index (χ2n) is 5.21. The molecule has 0 aliphatic carbocycles. The van der Waals surface area contributed by atoms with Crippen LogP contribution in [0, 0.1) is 18.2 Å². The number of hydrogen-bond acceptors (Lipinski definition) is 2. The lowest BCUT2D eigenvalue weighted by Gasteiger charge is -2.32. The molecule has 1 aliphatic rings. The first-order chi connectivity index (χ1) is 8.53. The standard InChI is InChI=1S/C14H19FN2O/c1-10-11(15)5-3-6-12(10)17-13(18)14(2)7-4-8-16-9-14/h3,5-6,16H,4,7-9H2,1-2H3,(H,17,18). The lowest BCUT2D eigenvalue weighted by atomic mass is 9.82. The zero-order valence-electron chi connectivity index (χ0n) is 10.8. The Balaban J connectivity index is 2.13. The molecule has 1 aliphatic heterocycles. The third-order valence-corrected chi connectivity index (χ3v) is 3.66. The van der Waals surface area contributed by atoms with Crippen LogP contribution in [0.4, 0.5) is 10.1 Å². The first-order valence-electron chi connectivity index (χ1n) is 6.30. The molecule has 1 aromatic carbocycles. The smallest absolute Gasteiger partial charge is 0.231 e. The van der Waals surface area contributed by atoms with Crippen molar-refractivity contribution in [2.75, 3.05) is 18.4 Å². The average molecular weight is 250 g/mol. The van der Waals surface area contributed by atoms with Crippen LogP contribution in [-0.2, 0) is 4.79 Å². The highest BCUT2D eigenvalue weighted by Gasteiger charge is 2.34. The van der Waals surface area contributed by atoms with Crippen LogP contribution in [0.5, 0.6) is 0 Å². The van der Waals surface area contributed by atoms with Gasteiger partial charge in [-0.3, -0.25) is 4.79 Å². The molecule has 0 saturated carbocycles. The van der Waals surface area contributed by atoms with Crippen molar-refractivity contribution in [1.82, 2.24) is 5.32 Å². The Morgan fingerprint density at radius 2 is 2.28 bits per heavy atom. The SMILES string of the molecule is Cc1c(F)cccc1NC(=O)C1(C)CCCNC1. The highest BCUT2D eigenvalue weighted by molar-refractivity contribution is 5.95. The summed E-state index contributed by atoms with van der Waals surface area (Å²) in [7, 11) is 0. The highest BCUT2D eigenvalue weighted by Crippen LogP contribution is 2.28. The van der Waals surface area contributed by atoms with Crippen LogP contribution in [0.15, 0.2) is 18.2 Å². The van der Waals surface area contributed by atoms with Crippen molar-refractivity contribution in [3.63, 3.8) is 0 Å². The lowest BCUT2D eigenvalue weighted by Crippen LogP contribution is -2.46. The van der Waals surface area contributed by atoms with Gasteiger partial charge in [0.1, 0.15) is 5.82 Å². The van der Waals surface area contributed by atoms with Gasteiger partial charge in [-0.25, -0.2) is 4.39 Å². The molecule has 1 saturated heterocycles. The maximum absolute atomic E-state index is 13.4. The summed E-state index contributed by atoms with van der Waals surface area (Å²) in [5.74, 6) is -0.330. The Morgan fingerprint density at radius 3 is 2.94 bits per heavy atom. The van der Waals surface area contributed by atoms with E-state index in [1.165, 1.54) is 6.07 Å². The summed E-state index contributed by atoms with van der Waals surface area (Å²) in [6.45, 7) is 5.25. The first kappa shape index (κ1) is 13.0. The Labute approximate surface area is 107 Å². The third-order valence-electron chi connectivity index (χ3n) is 3.66. The molecule has 2 rings (SSSR count). The molecule has 1 aromatic rings. The Kier molecular flexibility index (Phi) is 3.66. The van der Waals surface area contributed by atoms with Gasteiger partial charge in [-0.15, -0.1) is 0 Å². The Morgan fingerprint density at radius 1 is 1.50 bits per heavy atom. The van der Waals surface area contributed by atoms with E-state index in [9.17, 15) is 9.18 Å². The first-order valence-corrected chi connectivity index (χ1v) is 6.30. The normalized spacial score (nSPS) is 23.7. The van der Waals surface area contributed by atoms with Crippen LogP contribution in [0.2, 0.25) is 0 Å². The molecule has 1 atom stereocenters. The molecule has 4 heteroatoms. The Hall–Kier alpha value is -1.42. The highest BCUT2D eigenvalue weighted by atomic mass is 19.1. The van der Waals surface area contributed by atoms with Gasteiger partial charge < -0.3 is 10.6 Å². The van der Waals surface area contributed by atoms with Crippen molar-refractivity contribution >= 4 is 11.6 Å². The number of amides is 1. The van der Waals surface area contributed by atoms with Crippen molar-refractivity contribution in [3.8, 4) is 0 Å². The summed E-state index contributed by atoms with van der Waals surface area (Å²) in [6, 6.07) is 4.74. The minimum atomic E-state index is -0.406. The van der Waals surface area contributed by atoms with E-state index in [0.717, 1.165) is 19.4 Å². The van der Waals surface area contributed by atoms with E-state index in [1.807, 2.05) is 6.92 Å². The second-order valence-corrected chi connectivity index (χ2v) is 5.21. The molecule has 1 amide bonds. The van der Waals surface area contributed by atoms with E-state index >= 15 is 0 Å². The number of nitrogens with one attached hydrogen (secondary N) is 2. The maximum Gasteiger partial charge on any atom is 0.231 e. The number of hydrogen-bond donors (Lipinski definition) is 2. The van der Waals surface area contributed by atoms with Gasteiger partial charge in [0, 0.05) is 17.8 Å². The van der Waals surface area contributed by atoms with Crippen LogP contribution in [0.3, 0.4) is 0 Å². The fraction of sp³-hybridized carbons (Fsp3) is 0.500. The van der Waals surface area contributed by atoms with Gasteiger partial charge in [0.15, 0.2) is 0 Å². The van der Waals surface area contributed by atoms with E-state index in [1.54, 1.807) is 19.1 Å². The predicted octanol–water partition coefficient (Wildman–Crippen LogP) is 2.46. The van der Waals surface area contributed by atoms with E-state index in [2.05, 4.69) is 10.6 Å². The topological polar surface area (TPSA) is 41.1 Å². The molecule has 1 fully saturated rings. The molecular formula is C14H19FN2O. The van der Waals surface area contributed by atoms with Crippen molar-refractivity contribution < 1.29 is 9.18 Å². The average Bonchev–Trinajstić information content (AvgIpc) is 2.36. The molecule has 1 unspecified atom stereocenters. The zero-order valence-corrected chi connectivity index (χ0v) is 10.8. The van der Waals surface area contributed by atoms with E-state index in [0.29, 0.717) is 17.8 Å². The van der Waals surface area contributed by atoms with Gasteiger partial charge in [-0.2, -0.15) is 0 Å². The fourth-order valence-electron chi connectivity index (χ4n) is 2.27. The van der Waals surface area contributed by atoms with Gasteiger partial charge in [-0.1, -0.05) is 6.07 Å². The quantitative estimate of drug-likeness (QED) is 0.846. The predicted molar refractivity (Wildman–Crippen MR) is 70.0 cm³/mol. The van der Waals surface area contributed by atoms with Gasteiger partial charge in [-0.05, 0) is 45.4 Å². The summed E-state index contributed by atoms with van der Waals surface area (Å²) in [4.78, 5) is 12.3. The van der Waals surface area contributed by atoms with Crippen molar-refractivity contribution in [1.29, 1.82) is 0 Å². The monoisotopic (exact) mass is 250 g/mol. The molecule has 2 N–H and O–H groups in total. The third kappa shape index (κ3) is 2.53. The van der Waals surface area contributed by atoms with Crippen LogP contribution in [0.1, 0.15) is 25.3 Å². The number of rotatable bonds is 2. The van der Waals surface area contributed by atoms with E-state index < -0.39 is 5.41 Å². The van der Waals surface area contributed by atoms with Gasteiger partial charge in [0.2, 0.25) is 5.91 Å². The molecular weight excluding hydrogens is 231 g/mol. The summed E-state index contributed by atoms with van der Waals surface area (Å²) >= 11 is 0. The fourth-order valence-corrected chi connectivity index (χ4v) is 2.27. The summed E-state index contributed by atoms with van der Waals surface area (Å²) in [5, 5.41) is 6.08. The van der Waals surface area contributed by atoms with Crippen LogP contribution >= 0.6 is 0 Å². The summed E-state index contributed by atoms with van der Waals surface area (Å²) < 4.78 is 13.4. The minimum Gasteiger partial charge on any atom is -0.325 e. The summed E-state index contributed by atoms with van der Waals surface area (Å²) in [5.41, 5.74) is 0.641. The van der Waals surface area contributed by atoms with Crippen molar-refractivity contribution in [2.45, 2.75) is 26.7 Å². The van der Waals surface area contributed by atoms with Gasteiger partial charge in [0.05, 0.1) is 5.41 Å². The molecule has 0 radical (unpaired) electrons. The van der Waals surface area contributed by atoms with Gasteiger partial charge >= 0.3 is 0 Å².